The van der Waals surface area contributed by atoms with Gasteiger partial charge in [-0.2, -0.15) is 26.3 Å². The Kier molecular flexibility index (Phi) is 3.41. The zero-order valence-electron chi connectivity index (χ0n) is 10.4. The molecule has 0 radical (unpaired) electrons. The fourth-order valence-corrected chi connectivity index (χ4v) is 3.01. The van der Waals surface area contributed by atoms with E-state index in [2.05, 4.69) is 0 Å². The van der Waals surface area contributed by atoms with Crippen LogP contribution in [0.15, 0.2) is 18.2 Å². The van der Waals surface area contributed by atoms with Gasteiger partial charge in [-0.3, -0.25) is 0 Å². The lowest BCUT2D eigenvalue weighted by atomic mass is 10.0. The zero-order chi connectivity index (χ0) is 16.2. The van der Waals surface area contributed by atoms with Gasteiger partial charge in [-0.25, -0.2) is 0 Å². The molecule has 0 aliphatic rings. The van der Waals surface area contributed by atoms with Crippen molar-refractivity contribution in [2.24, 2.45) is 0 Å². The molecule has 0 aliphatic carbocycles. The number of aliphatic hydroxyl groups is 1. The molecule has 1 unspecified atom stereocenters. The number of anilines is 1. The van der Waals surface area contributed by atoms with Crippen LogP contribution in [0.4, 0.5) is 32.0 Å². The molecular formula is C12H9F6NOS. The fourth-order valence-electron chi connectivity index (χ4n) is 1.78. The number of alkyl halides is 6. The Balaban J connectivity index is 2.67. The lowest BCUT2D eigenvalue weighted by Gasteiger charge is -2.25. The first-order chi connectivity index (χ1) is 9.35. The fraction of sp³-hybridized carbons (Fsp3) is 0.333. The summed E-state index contributed by atoms with van der Waals surface area (Å²) in [6.45, 7) is 0.513. The molecule has 2 nitrogen and oxygen atoms in total. The van der Waals surface area contributed by atoms with E-state index in [-0.39, 0.29) is 15.8 Å². The standard InChI is InChI=1S/C12H9F6NOS/c1-10(20,12(16,17)18)9-8(19)6-3-2-5(11(13,14)15)4-7(6)21-9/h2-4,20H,19H2,1H3. The van der Waals surface area contributed by atoms with Crippen LogP contribution in [0, 0.1) is 0 Å². The maximum atomic E-state index is 12.8. The molecule has 1 heterocycles. The van der Waals surface area contributed by atoms with Gasteiger partial charge in [0.2, 0.25) is 0 Å². The second-order valence-electron chi connectivity index (χ2n) is 4.62. The monoisotopic (exact) mass is 329 g/mol. The van der Waals surface area contributed by atoms with Crippen molar-refractivity contribution < 1.29 is 31.4 Å². The second kappa shape index (κ2) is 4.51. The number of hydrogen-bond donors (Lipinski definition) is 2. The van der Waals surface area contributed by atoms with E-state index in [9.17, 15) is 31.4 Å². The van der Waals surface area contributed by atoms with Crippen LogP contribution in [-0.4, -0.2) is 11.3 Å². The molecule has 0 saturated carbocycles. The van der Waals surface area contributed by atoms with Crippen LogP contribution in [0.25, 0.3) is 10.1 Å². The van der Waals surface area contributed by atoms with Gasteiger partial charge in [-0.05, 0) is 19.1 Å². The summed E-state index contributed by atoms with van der Waals surface area (Å²) in [4.78, 5) is -0.621. The molecule has 2 rings (SSSR count). The summed E-state index contributed by atoms with van der Waals surface area (Å²) in [6, 6.07) is 2.45. The summed E-state index contributed by atoms with van der Waals surface area (Å²) in [5, 5.41) is 9.67. The van der Waals surface area contributed by atoms with Crippen molar-refractivity contribution in [1.29, 1.82) is 0 Å². The Labute approximate surface area is 118 Å². The second-order valence-corrected chi connectivity index (χ2v) is 5.68. The number of nitrogen functional groups attached to an aromatic ring is 1. The topological polar surface area (TPSA) is 46.2 Å². The number of halogens is 6. The summed E-state index contributed by atoms with van der Waals surface area (Å²) in [6.07, 6.45) is -9.60. The Hall–Kier alpha value is -1.48. The summed E-state index contributed by atoms with van der Waals surface area (Å²) in [7, 11) is 0. The van der Waals surface area contributed by atoms with Gasteiger partial charge in [-0.15, -0.1) is 11.3 Å². The molecule has 116 valence electrons. The van der Waals surface area contributed by atoms with Crippen molar-refractivity contribution in [1.82, 2.24) is 0 Å². The van der Waals surface area contributed by atoms with E-state index in [0.29, 0.717) is 24.3 Å². The highest BCUT2D eigenvalue weighted by atomic mass is 32.1. The van der Waals surface area contributed by atoms with E-state index in [4.69, 9.17) is 5.73 Å². The van der Waals surface area contributed by atoms with Crippen LogP contribution in [-0.2, 0) is 11.8 Å². The molecule has 1 aromatic carbocycles. The third kappa shape index (κ3) is 2.55. The minimum atomic E-state index is -4.99. The zero-order valence-corrected chi connectivity index (χ0v) is 11.2. The Morgan fingerprint density at radius 3 is 2.14 bits per heavy atom. The molecule has 2 aromatic rings. The van der Waals surface area contributed by atoms with Gasteiger partial charge in [0.25, 0.3) is 0 Å². The van der Waals surface area contributed by atoms with Crippen LogP contribution >= 0.6 is 11.3 Å². The molecule has 0 aliphatic heterocycles. The van der Waals surface area contributed by atoms with Crippen LogP contribution in [0.2, 0.25) is 0 Å². The third-order valence-electron chi connectivity index (χ3n) is 3.05. The normalized spacial score (nSPS) is 16.2. The summed E-state index contributed by atoms with van der Waals surface area (Å²) < 4.78 is 76.2. The molecular weight excluding hydrogens is 320 g/mol. The van der Waals surface area contributed by atoms with Crippen LogP contribution < -0.4 is 5.73 Å². The van der Waals surface area contributed by atoms with Gasteiger partial charge in [0.15, 0.2) is 5.60 Å². The SMILES string of the molecule is CC(O)(c1sc2cc(C(F)(F)F)ccc2c1N)C(F)(F)F. The molecule has 3 N–H and O–H groups in total. The molecule has 0 bridgehead atoms. The Morgan fingerprint density at radius 1 is 1.10 bits per heavy atom. The van der Waals surface area contributed by atoms with Crippen molar-refractivity contribution in [3.8, 4) is 0 Å². The summed E-state index contributed by atoms with van der Waals surface area (Å²) >= 11 is 0.393. The van der Waals surface area contributed by atoms with Gasteiger partial charge in [-0.1, -0.05) is 6.07 Å². The highest BCUT2D eigenvalue weighted by molar-refractivity contribution is 7.20. The lowest BCUT2D eigenvalue weighted by molar-refractivity contribution is -0.257. The van der Waals surface area contributed by atoms with Gasteiger partial charge >= 0.3 is 12.4 Å². The average Bonchev–Trinajstić information content (AvgIpc) is 2.64. The number of hydrogen-bond acceptors (Lipinski definition) is 3. The third-order valence-corrected chi connectivity index (χ3v) is 4.43. The maximum absolute atomic E-state index is 12.8. The lowest BCUT2D eigenvalue weighted by Crippen LogP contribution is -2.38. The molecule has 9 heteroatoms. The average molecular weight is 329 g/mol. The van der Waals surface area contributed by atoms with Crippen LogP contribution in [0.3, 0.4) is 0 Å². The van der Waals surface area contributed by atoms with Crippen LogP contribution in [0.5, 0.6) is 0 Å². The molecule has 21 heavy (non-hydrogen) atoms. The highest BCUT2D eigenvalue weighted by Crippen LogP contribution is 2.48. The van der Waals surface area contributed by atoms with Gasteiger partial charge in [0.1, 0.15) is 0 Å². The van der Waals surface area contributed by atoms with E-state index in [0.717, 1.165) is 12.1 Å². The summed E-state index contributed by atoms with van der Waals surface area (Å²) in [5.41, 5.74) is 0.966. The minimum Gasteiger partial charge on any atom is -0.397 e. The number of nitrogens with two attached hydrogens (primary N) is 1. The number of benzene rings is 1. The molecule has 0 spiro atoms. The number of thiophene rings is 1. The summed E-state index contributed by atoms with van der Waals surface area (Å²) in [5.74, 6) is 0. The van der Waals surface area contributed by atoms with E-state index >= 15 is 0 Å². The first-order valence-corrected chi connectivity index (χ1v) is 6.36. The van der Waals surface area contributed by atoms with Crippen LogP contribution in [0.1, 0.15) is 17.4 Å². The largest absolute Gasteiger partial charge is 0.422 e. The van der Waals surface area contributed by atoms with Crippen molar-refractivity contribution >= 4 is 27.1 Å². The molecule has 1 aromatic heterocycles. The molecule has 0 fully saturated rings. The van der Waals surface area contributed by atoms with E-state index < -0.39 is 28.4 Å². The van der Waals surface area contributed by atoms with Crippen molar-refractivity contribution in [3.63, 3.8) is 0 Å². The first kappa shape index (κ1) is 15.9. The molecule has 1 atom stereocenters. The highest BCUT2D eigenvalue weighted by Gasteiger charge is 2.53. The van der Waals surface area contributed by atoms with E-state index in [1.807, 2.05) is 0 Å². The number of fused-ring (bicyclic) bond motifs is 1. The Bertz CT molecular complexity index is 685. The van der Waals surface area contributed by atoms with E-state index in [1.165, 1.54) is 0 Å². The quantitative estimate of drug-likeness (QED) is 0.768. The van der Waals surface area contributed by atoms with Gasteiger partial charge < -0.3 is 10.8 Å². The predicted molar refractivity (Wildman–Crippen MR) is 66.9 cm³/mol. The maximum Gasteiger partial charge on any atom is 0.422 e. The molecule has 0 amide bonds. The number of rotatable bonds is 1. The van der Waals surface area contributed by atoms with Gasteiger partial charge in [0.05, 0.1) is 16.1 Å². The predicted octanol–water partition coefficient (Wildman–Crippen LogP) is 4.27. The van der Waals surface area contributed by atoms with Crippen molar-refractivity contribution in [2.45, 2.75) is 24.9 Å². The van der Waals surface area contributed by atoms with Crippen molar-refractivity contribution in [3.05, 3.63) is 28.6 Å². The Morgan fingerprint density at radius 2 is 1.67 bits per heavy atom. The van der Waals surface area contributed by atoms with Crippen molar-refractivity contribution in [2.75, 3.05) is 5.73 Å². The van der Waals surface area contributed by atoms with E-state index in [1.54, 1.807) is 0 Å². The smallest absolute Gasteiger partial charge is 0.397 e. The first-order valence-electron chi connectivity index (χ1n) is 5.54. The molecule has 0 saturated heterocycles. The van der Waals surface area contributed by atoms with Gasteiger partial charge in [0, 0.05) is 10.1 Å². The minimum absolute atomic E-state index is 0.0486.